The van der Waals surface area contributed by atoms with Gasteiger partial charge in [-0.05, 0) is 19.1 Å². The third kappa shape index (κ3) is 3.95. The summed E-state index contributed by atoms with van der Waals surface area (Å²) in [7, 11) is 1.50. The molecule has 8 heteroatoms. The van der Waals surface area contributed by atoms with Crippen molar-refractivity contribution in [3.63, 3.8) is 0 Å². The Bertz CT molecular complexity index is 680. The van der Waals surface area contributed by atoms with Crippen LogP contribution in [0.25, 0.3) is 0 Å². The molecule has 1 fully saturated rings. The number of benzene rings is 1. The Balaban J connectivity index is 0.00000338. The fraction of sp³-hybridized carbons (Fsp3) is 0.556. The van der Waals surface area contributed by atoms with Crippen molar-refractivity contribution >= 4 is 35.6 Å². The normalized spacial score (nSPS) is 23.2. The van der Waals surface area contributed by atoms with Gasteiger partial charge < -0.3 is 25.8 Å². The van der Waals surface area contributed by atoms with Gasteiger partial charge in [-0.1, -0.05) is 13.8 Å². The summed E-state index contributed by atoms with van der Waals surface area (Å²) >= 11 is 0. The van der Waals surface area contributed by atoms with Crippen LogP contribution in [0, 0.1) is 5.41 Å². The van der Waals surface area contributed by atoms with E-state index in [4.69, 9.17) is 15.2 Å². The minimum atomic E-state index is -1.00. The molecule has 4 N–H and O–H groups in total. The van der Waals surface area contributed by atoms with E-state index in [1.807, 2.05) is 20.8 Å². The number of rotatable bonds is 6. The predicted octanol–water partition coefficient (Wildman–Crippen LogP) is 2.55. The summed E-state index contributed by atoms with van der Waals surface area (Å²) in [6, 6.07) is 5.02. The quantitative estimate of drug-likeness (QED) is 0.698. The largest absolute Gasteiger partial charge is 0.494 e. The van der Waals surface area contributed by atoms with Gasteiger partial charge in [-0.3, -0.25) is 9.59 Å². The number of hydrogen-bond donors (Lipinski definition) is 3. The number of anilines is 2. The molecule has 0 saturated heterocycles. The summed E-state index contributed by atoms with van der Waals surface area (Å²) in [5.41, 5.74) is 6.00. The maximum absolute atomic E-state index is 12.7. The number of carbonyl (C=O) groups is 2. The van der Waals surface area contributed by atoms with E-state index in [0.29, 0.717) is 30.2 Å². The van der Waals surface area contributed by atoms with Crippen LogP contribution in [0.15, 0.2) is 18.2 Å². The van der Waals surface area contributed by atoms with Crippen LogP contribution in [-0.4, -0.2) is 37.2 Å². The zero-order valence-electron chi connectivity index (χ0n) is 15.8. The third-order valence-electron chi connectivity index (χ3n) is 5.01. The van der Waals surface area contributed by atoms with Crippen LogP contribution in [0.3, 0.4) is 0 Å². The van der Waals surface area contributed by atoms with Crippen molar-refractivity contribution in [2.24, 2.45) is 11.1 Å². The molecule has 2 atom stereocenters. The standard InChI is InChI=1S/C18H27N3O4.ClH/c1-6-25-15-10-18(19,17(15,3)4)16(23)21-12-7-8-13(20-11(2)22)14(9-12)24-5;/h7-9,15H,6,10,19H2,1-5H3,(H,20,22)(H,21,23);1H. The average molecular weight is 386 g/mol. The minimum absolute atomic E-state index is 0. The van der Waals surface area contributed by atoms with E-state index < -0.39 is 11.0 Å². The van der Waals surface area contributed by atoms with Crippen LogP contribution in [0.1, 0.15) is 34.1 Å². The lowest BCUT2D eigenvalue weighted by Crippen LogP contribution is -2.74. The van der Waals surface area contributed by atoms with E-state index in [-0.39, 0.29) is 30.3 Å². The van der Waals surface area contributed by atoms with E-state index in [0.717, 1.165) is 0 Å². The number of methoxy groups -OCH3 is 1. The zero-order chi connectivity index (χ0) is 18.8. The maximum Gasteiger partial charge on any atom is 0.245 e. The number of carbonyl (C=O) groups excluding carboxylic acids is 2. The molecule has 0 radical (unpaired) electrons. The van der Waals surface area contributed by atoms with Crippen molar-refractivity contribution in [1.29, 1.82) is 0 Å². The van der Waals surface area contributed by atoms with Crippen LogP contribution in [0.5, 0.6) is 5.75 Å². The lowest BCUT2D eigenvalue weighted by Gasteiger charge is -2.57. The third-order valence-corrected chi connectivity index (χ3v) is 5.01. The van der Waals surface area contributed by atoms with Crippen LogP contribution in [0.4, 0.5) is 11.4 Å². The molecular weight excluding hydrogens is 358 g/mol. The van der Waals surface area contributed by atoms with E-state index >= 15 is 0 Å². The van der Waals surface area contributed by atoms with Gasteiger partial charge in [0.15, 0.2) is 0 Å². The maximum atomic E-state index is 12.7. The summed E-state index contributed by atoms with van der Waals surface area (Å²) in [6.07, 6.45) is 0.436. The van der Waals surface area contributed by atoms with Gasteiger partial charge >= 0.3 is 0 Å². The monoisotopic (exact) mass is 385 g/mol. The number of hydrogen-bond acceptors (Lipinski definition) is 5. The molecule has 7 nitrogen and oxygen atoms in total. The summed E-state index contributed by atoms with van der Waals surface area (Å²) in [4.78, 5) is 24.0. The molecule has 1 aliphatic rings. The molecule has 0 heterocycles. The molecule has 1 saturated carbocycles. The highest BCUT2D eigenvalue weighted by Crippen LogP contribution is 2.50. The number of halogens is 1. The van der Waals surface area contributed by atoms with E-state index in [1.54, 1.807) is 18.2 Å². The van der Waals surface area contributed by atoms with Crippen LogP contribution in [-0.2, 0) is 14.3 Å². The van der Waals surface area contributed by atoms with Crippen molar-refractivity contribution in [2.75, 3.05) is 24.4 Å². The zero-order valence-corrected chi connectivity index (χ0v) is 16.7. The second-order valence-corrected chi connectivity index (χ2v) is 6.89. The van der Waals surface area contributed by atoms with Crippen molar-refractivity contribution in [3.8, 4) is 5.75 Å². The highest BCUT2D eigenvalue weighted by molar-refractivity contribution is 6.00. The summed E-state index contributed by atoms with van der Waals surface area (Å²) < 4.78 is 10.9. The Morgan fingerprint density at radius 3 is 2.46 bits per heavy atom. The molecule has 1 aromatic carbocycles. The summed E-state index contributed by atoms with van der Waals surface area (Å²) in [5.74, 6) is -0.00361. The van der Waals surface area contributed by atoms with Gasteiger partial charge in [0.2, 0.25) is 11.8 Å². The molecule has 1 aromatic rings. The first-order valence-corrected chi connectivity index (χ1v) is 8.33. The minimum Gasteiger partial charge on any atom is -0.494 e. The Morgan fingerprint density at radius 1 is 1.31 bits per heavy atom. The molecule has 0 aromatic heterocycles. The molecule has 26 heavy (non-hydrogen) atoms. The first kappa shape index (κ1) is 22.2. The Morgan fingerprint density at radius 2 is 1.96 bits per heavy atom. The number of nitrogens with two attached hydrogens (primary N) is 1. The Labute approximate surface area is 160 Å². The number of nitrogens with one attached hydrogen (secondary N) is 2. The molecule has 0 spiro atoms. The SMILES string of the molecule is CCOC1CC(N)(C(=O)Nc2ccc(NC(C)=O)c(OC)c2)C1(C)C.Cl. The topological polar surface area (TPSA) is 103 Å². The Hall–Kier alpha value is -1.83. The molecule has 146 valence electrons. The summed E-state index contributed by atoms with van der Waals surface area (Å²) in [6.45, 7) is 7.82. The number of amides is 2. The highest BCUT2D eigenvalue weighted by Gasteiger charge is 2.62. The van der Waals surface area contributed by atoms with Gasteiger partial charge in [-0.2, -0.15) is 0 Å². The fourth-order valence-corrected chi connectivity index (χ4v) is 3.13. The van der Waals surface area contributed by atoms with Gasteiger partial charge in [0.1, 0.15) is 11.3 Å². The number of ether oxygens (including phenoxy) is 2. The first-order valence-electron chi connectivity index (χ1n) is 8.33. The van der Waals surface area contributed by atoms with Crippen molar-refractivity contribution in [3.05, 3.63) is 18.2 Å². The molecular formula is C18H28ClN3O4. The summed E-state index contributed by atoms with van der Waals surface area (Å²) in [5, 5.41) is 5.52. The van der Waals surface area contributed by atoms with Gasteiger partial charge in [-0.25, -0.2) is 0 Å². The van der Waals surface area contributed by atoms with E-state index in [9.17, 15) is 9.59 Å². The van der Waals surface area contributed by atoms with Crippen LogP contribution in [0.2, 0.25) is 0 Å². The Kier molecular flexibility index (Phi) is 7.04. The van der Waals surface area contributed by atoms with Crippen LogP contribution < -0.4 is 21.1 Å². The van der Waals surface area contributed by atoms with Crippen molar-refractivity contribution < 1.29 is 19.1 Å². The fourth-order valence-electron chi connectivity index (χ4n) is 3.13. The molecule has 1 aliphatic carbocycles. The van der Waals surface area contributed by atoms with Gasteiger partial charge in [-0.15, -0.1) is 12.4 Å². The van der Waals surface area contributed by atoms with Crippen molar-refractivity contribution in [1.82, 2.24) is 0 Å². The second kappa shape index (κ2) is 8.24. The first-order chi connectivity index (χ1) is 11.7. The highest BCUT2D eigenvalue weighted by atomic mass is 35.5. The molecule has 2 unspecified atom stereocenters. The van der Waals surface area contributed by atoms with Gasteiger partial charge in [0, 0.05) is 37.1 Å². The molecule has 0 bridgehead atoms. The lowest BCUT2D eigenvalue weighted by atomic mass is 9.54. The molecule has 2 amide bonds. The molecule has 0 aliphatic heterocycles. The van der Waals surface area contributed by atoms with Gasteiger partial charge in [0.25, 0.3) is 0 Å². The van der Waals surface area contributed by atoms with Crippen molar-refractivity contribution in [2.45, 2.75) is 45.8 Å². The smallest absolute Gasteiger partial charge is 0.245 e. The molecule has 2 rings (SSSR count). The lowest BCUT2D eigenvalue weighted by molar-refractivity contribution is -0.166. The van der Waals surface area contributed by atoms with Crippen LogP contribution >= 0.6 is 12.4 Å². The predicted molar refractivity (Wildman–Crippen MR) is 104 cm³/mol. The van der Waals surface area contributed by atoms with E-state index in [2.05, 4.69) is 10.6 Å². The van der Waals surface area contributed by atoms with Gasteiger partial charge in [0.05, 0.1) is 18.9 Å². The van der Waals surface area contributed by atoms with E-state index in [1.165, 1.54) is 14.0 Å². The average Bonchev–Trinajstić information content (AvgIpc) is 2.55. The second-order valence-electron chi connectivity index (χ2n) is 6.89.